The van der Waals surface area contributed by atoms with Crippen LogP contribution in [0.2, 0.25) is 0 Å². The summed E-state index contributed by atoms with van der Waals surface area (Å²) in [6, 6.07) is 4.90. The average Bonchev–Trinajstić information content (AvgIpc) is 3.11. The van der Waals surface area contributed by atoms with Gasteiger partial charge in [0.15, 0.2) is 0 Å². The third-order valence-electron chi connectivity index (χ3n) is 3.01. The first kappa shape index (κ1) is 13.9. The number of carbonyl (C=O) groups is 2. The van der Waals surface area contributed by atoms with Crippen molar-refractivity contribution in [3.8, 4) is 6.07 Å². The number of hydrogen-bond donors (Lipinski definition) is 2. The van der Waals surface area contributed by atoms with Crippen molar-refractivity contribution in [2.75, 3.05) is 13.2 Å². The number of carbonyl (C=O) groups excluding carboxylic acids is 2. The topological polar surface area (TPSA) is 95.0 Å². The van der Waals surface area contributed by atoms with E-state index in [4.69, 9.17) is 10.00 Å². The smallest absolute Gasteiger partial charge is 0.354 e. The van der Waals surface area contributed by atoms with E-state index in [2.05, 4.69) is 10.3 Å². The van der Waals surface area contributed by atoms with Gasteiger partial charge in [0, 0.05) is 12.2 Å². The van der Waals surface area contributed by atoms with Gasteiger partial charge in [-0.3, -0.25) is 4.79 Å². The van der Waals surface area contributed by atoms with Crippen molar-refractivity contribution >= 4 is 11.8 Å². The van der Waals surface area contributed by atoms with Crippen molar-refractivity contribution in [2.45, 2.75) is 19.8 Å². The summed E-state index contributed by atoms with van der Waals surface area (Å²) in [5.41, 5.74) is 1.19. The van der Waals surface area contributed by atoms with Gasteiger partial charge in [0.2, 0.25) is 5.78 Å². The Hall–Kier alpha value is -2.55. The van der Waals surface area contributed by atoms with E-state index in [0.29, 0.717) is 12.1 Å². The van der Waals surface area contributed by atoms with E-state index >= 15 is 0 Å². The van der Waals surface area contributed by atoms with Crippen molar-refractivity contribution in [1.29, 1.82) is 5.26 Å². The molecule has 0 amide bonds. The maximum absolute atomic E-state index is 12.3. The molecule has 0 bridgehead atoms. The summed E-state index contributed by atoms with van der Waals surface area (Å²) in [5.74, 6) is -0.927. The predicted octanol–water partition coefficient (Wildman–Crippen LogP) is 1.54. The summed E-state index contributed by atoms with van der Waals surface area (Å²) >= 11 is 0. The van der Waals surface area contributed by atoms with Crippen LogP contribution in [0.25, 0.3) is 0 Å². The van der Waals surface area contributed by atoms with Crippen LogP contribution in [0.5, 0.6) is 0 Å². The van der Waals surface area contributed by atoms with Gasteiger partial charge < -0.3 is 15.0 Å². The van der Waals surface area contributed by atoms with Crippen LogP contribution in [0.15, 0.2) is 23.4 Å². The molecule has 6 heteroatoms. The minimum Gasteiger partial charge on any atom is -0.461 e. The summed E-state index contributed by atoms with van der Waals surface area (Å²) < 4.78 is 4.84. The van der Waals surface area contributed by atoms with Gasteiger partial charge in [0.1, 0.15) is 17.3 Å². The number of allylic oxidation sites excluding steroid dienone is 2. The van der Waals surface area contributed by atoms with Crippen molar-refractivity contribution in [3.63, 3.8) is 0 Å². The number of nitriles is 1. The number of hydrogen-bond acceptors (Lipinski definition) is 5. The highest BCUT2D eigenvalue weighted by Crippen LogP contribution is 2.18. The second kappa shape index (κ2) is 6.06. The SMILES string of the molecule is CCOC(=O)c1ccc(C(=O)/C(C#N)=C2\CCCN2)[nH]1. The van der Waals surface area contributed by atoms with Crippen LogP contribution in [-0.2, 0) is 4.74 Å². The fraction of sp³-hybridized carbons (Fsp3) is 0.357. The number of H-pyrrole nitrogens is 1. The zero-order chi connectivity index (χ0) is 14.5. The third-order valence-corrected chi connectivity index (χ3v) is 3.01. The Morgan fingerprint density at radius 3 is 2.75 bits per heavy atom. The molecule has 1 aromatic rings. The van der Waals surface area contributed by atoms with E-state index in [1.807, 2.05) is 6.07 Å². The van der Waals surface area contributed by atoms with Gasteiger partial charge in [-0.15, -0.1) is 0 Å². The molecule has 20 heavy (non-hydrogen) atoms. The van der Waals surface area contributed by atoms with Gasteiger partial charge in [-0.05, 0) is 31.9 Å². The van der Waals surface area contributed by atoms with Crippen LogP contribution in [0.4, 0.5) is 0 Å². The number of aromatic amines is 1. The number of ether oxygens (including phenoxy) is 1. The molecule has 0 aliphatic carbocycles. The number of nitrogens with zero attached hydrogens (tertiary/aromatic N) is 1. The van der Waals surface area contributed by atoms with E-state index in [1.54, 1.807) is 6.92 Å². The van der Waals surface area contributed by atoms with Crippen molar-refractivity contribution in [3.05, 3.63) is 34.8 Å². The summed E-state index contributed by atoms with van der Waals surface area (Å²) in [6.45, 7) is 2.74. The summed E-state index contributed by atoms with van der Waals surface area (Å²) in [7, 11) is 0. The van der Waals surface area contributed by atoms with Gasteiger partial charge in [-0.1, -0.05) is 0 Å². The first-order valence-corrected chi connectivity index (χ1v) is 6.45. The zero-order valence-electron chi connectivity index (χ0n) is 11.2. The Balaban J connectivity index is 2.23. The second-order valence-electron chi connectivity index (χ2n) is 4.33. The van der Waals surface area contributed by atoms with E-state index in [1.165, 1.54) is 12.1 Å². The highest BCUT2D eigenvalue weighted by atomic mass is 16.5. The first-order chi connectivity index (χ1) is 9.67. The molecular formula is C14H15N3O3. The maximum atomic E-state index is 12.3. The molecule has 0 atom stereocenters. The summed E-state index contributed by atoms with van der Waals surface area (Å²) in [6.07, 6.45) is 1.60. The van der Waals surface area contributed by atoms with E-state index in [-0.39, 0.29) is 23.6 Å². The molecule has 0 aromatic carbocycles. The molecule has 2 N–H and O–H groups in total. The number of esters is 1. The fourth-order valence-electron chi connectivity index (χ4n) is 2.05. The van der Waals surface area contributed by atoms with E-state index < -0.39 is 11.8 Å². The second-order valence-corrected chi connectivity index (χ2v) is 4.33. The molecule has 0 spiro atoms. The van der Waals surface area contributed by atoms with Crippen LogP contribution in [0, 0.1) is 11.3 Å². The molecule has 1 aromatic heterocycles. The van der Waals surface area contributed by atoms with Crippen molar-refractivity contribution in [2.24, 2.45) is 0 Å². The average molecular weight is 273 g/mol. The van der Waals surface area contributed by atoms with Gasteiger partial charge in [0.05, 0.1) is 12.3 Å². The summed E-state index contributed by atoms with van der Waals surface area (Å²) in [4.78, 5) is 26.5. The zero-order valence-corrected chi connectivity index (χ0v) is 11.2. The monoisotopic (exact) mass is 273 g/mol. The Morgan fingerprint density at radius 1 is 1.40 bits per heavy atom. The number of nitrogens with one attached hydrogen (secondary N) is 2. The third kappa shape index (κ3) is 2.72. The van der Waals surface area contributed by atoms with Crippen LogP contribution in [0.3, 0.4) is 0 Å². The molecular weight excluding hydrogens is 258 g/mol. The molecule has 1 aliphatic heterocycles. The summed E-state index contributed by atoms with van der Waals surface area (Å²) in [5, 5.41) is 12.2. The normalized spacial score (nSPS) is 16.2. The van der Waals surface area contributed by atoms with Crippen LogP contribution >= 0.6 is 0 Å². The number of ketones is 1. The molecule has 6 nitrogen and oxygen atoms in total. The largest absolute Gasteiger partial charge is 0.461 e. The minimum absolute atomic E-state index is 0.0970. The highest BCUT2D eigenvalue weighted by molar-refractivity contribution is 6.11. The molecule has 2 heterocycles. The van der Waals surface area contributed by atoms with Crippen molar-refractivity contribution < 1.29 is 14.3 Å². The lowest BCUT2D eigenvalue weighted by Crippen LogP contribution is -2.13. The Bertz CT molecular complexity index is 599. The molecule has 104 valence electrons. The Labute approximate surface area is 116 Å². The fourth-order valence-corrected chi connectivity index (χ4v) is 2.05. The van der Waals surface area contributed by atoms with E-state index in [0.717, 1.165) is 13.0 Å². The van der Waals surface area contributed by atoms with Gasteiger partial charge in [0.25, 0.3) is 0 Å². The van der Waals surface area contributed by atoms with Crippen molar-refractivity contribution in [1.82, 2.24) is 10.3 Å². The number of aromatic nitrogens is 1. The lowest BCUT2D eigenvalue weighted by Gasteiger charge is -2.02. The lowest BCUT2D eigenvalue weighted by molar-refractivity contribution is 0.0520. The maximum Gasteiger partial charge on any atom is 0.354 e. The Kier molecular flexibility index (Phi) is 4.20. The van der Waals surface area contributed by atoms with Gasteiger partial charge >= 0.3 is 5.97 Å². The van der Waals surface area contributed by atoms with Gasteiger partial charge in [-0.2, -0.15) is 5.26 Å². The quantitative estimate of drug-likeness (QED) is 0.375. The predicted molar refractivity (Wildman–Crippen MR) is 71.0 cm³/mol. The van der Waals surface area contributed by atoms with E-state index in [9.17, 15) is 9.59 Å². The molecule has 1 saturated heterocycles. The molecule has 1 fully saturated rings. The van der Waals surface area contributed by atoms with Crippen LogP contribution in [0.1, 0.15) is 40.7 Å². The standard InChI is InChI=1S/C14H15N3O3/c1-2-20-14(19)12-6-5-11(17-12)13(18)9(8-15)10-4-3-7-16-10/h5-6,16-17H,2-4,7H2,1H3/b10-9+. The number of Topliss-reactive ketones (excluding diaryl/α,β-unsaturated/α-hetero) is 1. The Morgan fingerprint density at radius 2 is 2.15 bits per heavy atom. The first-order valence-electron chi connectivity index (χ1n) is 6.45. The van der Waals surface area contributed by atoms with Crippen LogP contribution in [-0.4, -0.2) is 29.9 Å². The molecule has 0 radical (unpaired) electrons. The lowest BCUT2D eigenvalue weighted by atomic mass is 10.1. The number of rotatable bonds is 4. The molecule has 0 unspecified atom stereocenters. The highest BCUT2D eigenvalue weighted by Gasteiger charge is 2.21. The molecule has 2 rings (SSSR count). The van der Waals surface area contributed by atoms with Crippen LogP contribution < -0.4 is 5.32 Å². The van der Waals surface area contributed by atoms with Gasteiger partial charge in [-0.25, -0.2) is 4.79 Å². The minimum atomic E-state index is -0.517. The molecule has 0 saturated carbocycles. The molecule has 1 aliphatic rings.